The lowest BCUT2D eigenvalue weighted by molar-refractivity contribution is 0.102. The maximum absolute atomic E-state index is 12.9. The second kappa shape index (κ2) is 5.14. The van der Waals surface area contributed by atoms with Gasteiger partial charge in [-0.1, -0.05) is 12.1 Å². The number of carbonyl (C=O) groups is 1. The molecule has 0 radical (unpaired) electrons. The molecule has 17 heavy (non-hydrogen) atoms. The lowest BCUT2D eigenvalue weighted by Gasteiger charge is -1.99. The van der Waals surface area contributed by atoms with Crippen LogP contribution in [0.1, 0.15) is 10.4 Å². The lowest BCUT2D eigenvalue weighted by Crippen LogP contribution is -2.02. The minimum absolute atomic E-state index is 0.0849. The van der Waals surface area contributed by atoms with Crippen LogP contribution in [0.2, 0.25) is 0 Å². The van der Waals surface area contributed by atoms with Crippen LogP contribution in [0, 0.1) is 5.82 Å². The number of aryl methyl sites for hydroxylation is 1. The highest BCUT2D eigenvalue weighted by Crippen LogP contribution is 2.18. The zero-order valence-corrected chi connectivity index (χ0v) is 10.1. The van der Waals surface area contributed by atoms with Gasteiger partial charge in [0.1, 0.15) is 5.82 Å². The van der Waals surface area contributed by atoms with Gasteiger partial charge in [-0.15, -0.1) is 11.8 Å². The number of benzene rings is 1. The van der Waals surface area contributed by atoms with Crippen molar-refractivity contribution in [2.45, 2.75) is 4.90 Å². The first-order chi connectivity index (χ1) is 8.15. The van der Waals surface area contributed by atoms with Gasteiger partial charge < -0.3 is 0 Å². The van der Waals surface area contributed by atoms with Crippen molar-refractivity contribution in [3.8, 4) is 0 Å². The smallest absolute Gasteiger partial charge is 0.173 e. The lowest BCUT2D eigenvalue weighted by atomic mass is 10.1. The minimum Gasteiger partial charge on any atom is -0.293 e. The van der Waals surface area contributed by atoms with Crippen LogP contribution < -0.4 is 0 Å². The number of Topliss-reactive ketones (excluding diaryl/α,β-unsaturated/α-hetero) is 1. The van der Waals surface area contributed by atoms with E-state index in [1.807, 2.05) is 13.2 Å². The summed E-state index contributed by atoms with van der Waals surface area (Å²) < 4.78 is 14.6. The van der Waals surface area contributed by atoms with Gasteiger partial charge in [0.15, 0.2) is 5.78 Å². The van der Waals surface area contributed by atoms with E-state index in [1.165, 1.54) is 30.0 Å². The Morgan fingerprint density at radius 1 is 1.53 bits per heavy atom. The number of hydrogen-bond donors (Lipinski definition) is 0. The molecule has 88 valence electrons. The van der Waals surface area contributed by atoms with Crippen LogP contribution in [0.4, 0.5) is 4.39 Å². The molecular weight excluding hydrogens is 239 g/mol. The highest BCUT2D eigenvalue weighted by atomic mass is 32.2. The van der Waals surface area contributed by atoms with Gasteiger partial charge in [-0.2, -0.15) is 5.10 Å². The SMILES string of the molecule is Cn1cc(SCC(=O)c2cccc(F)c2)cn1. The molecule has 0 spiro atoms. The zero-order chi connectivity index (χ0) is 12.3. The summed E-state index contributed by atoms with van der Waals surface area (Å²) in [5.74, 6) is -0.185. The van der Waals surface area contributed by atoms with E-state index in [2.05, 4.69) is 5.10 Å². The first-order valence-electron chi connectivity index (χ1n) is 5.05. The number of aromatic nitrogens is 2. The zero-order valence-electron chi connectivity index (χ0n) is 9.26. The van der Waals surface area contributed by atoms with Gasteiger partial charge in [-0.3, -0.25) is 9.48 Å². The van der Waals surface area contributed by atoms with Gasteiger partial charge in [-0.05, 0) is 12.1 Å². The standard InChI is InChI=1S/C12H11FN2OS/c1-15-7-11(6-14-15)17-8-12(16)9-3-2-4-10(13)5-9/h2-7H,8H2,1H3. The summed E-state index contributed by atoms with van der Waals surface area (Å²) in [7, 11) is 1.82. The summed E-state index contributed by atoms with van der Waals surface area (Å²) in [4.78, 5) is 12.7. The molecule has 3 nitrogen and oxygen atoms in total. The van der Waals surface area contributed by atoms with Crippen LogP contribution in [0.25, 0.3) is 0 Å². The van der Waals surface area contributed by atoms with Crippen molar-refractivity contribution in [3.05, 3.63) is 48.0 Å². The molecule has 0 bridgehead atoms. The van der Waals surface area contributed by atoms with Crippen LogP contribution in [0.3, 0.4) is 0 Å². The number of rotatable bonds is 4. The molecule has 1 heterocycles. The summed E-state index contributed by atoms with van der Waals surface area (Å²) in [6.07, 6.45) is 3.53. The normalized spacial score (nSPS) is 10.5. The maximum Gasteiger partial charge on any atom is 0.173 e. The van der Waals surface area contributed by atoms with Crippen molar-refractivity contribution in [1.82, 2.24) is 9.78 Å². The van der Waals surface area contributed by atoms with Crippen molar-refractivity contribution < 1.29 is 9.18 Å². The fourth-order valence-electron chi connectivity index (χ4n) is 1.37. The first kappa shape index (κ1) is 11.9. The number of thioether (sulfide) groups is 1. The molecule has 5 heteroatoms. The number of carbonyl (C=O) groups excluding carboxylic acids is 1. The first-order valence-corrected chi connectivity index (χ1v) is 6.04. The average molecular weight is 250 g/mol. The Bertz CT molecular complexity index is 539. The van der Waals surface area contributed by atoms with E-state index in [4.69, 9.17) is 0 Å². The summed E-state index contributed by atoms with van der Waals surface area (Å²) in [6.45, 7) is 0. The van der Waals surface area contributed by atoms with Crippen molar-refractivity contribution in [3.63, 3.8) is 0 Å². The van der Waals surface area contributed by atoms with Crippen LogP contribution in [0.5, 0.6) is 0 Å². The van der Waals surface area contributed by atoms with Crippen LogP contribution >= 0.6 is 11.8 Å². The molecule has 0 unspecified atom stereocenters. The van der Waals surface area contributed by atoms with E-state index >= 15 is 0 Å². The van der Waals surface area contributed by atoms with Crippen molar-refractivity contribution in [1.29, 1.82) is 0 Å². The van der Waals surface area contributed by atoms with Crippen LogP contribution in [0.15, 0.2) is 41.6 Å². The van der Waals surface area contributed by atoms with Gasteiger partial charge in [0.2, 0.25) is 0 Å². The van der Waals surface area contributed by atoms with E-state index in [9.17, 15) is 9.18 Å². The van der Waals surface area contributed by atoms with Crippen molar-refractivity contribution in [2.24, 2.45) is 7.05 Å². The molecule has 0 N–H and O–H groups in total. The molecule has 0 aliphatic carbocycles. The molecule has 0 amide bonds. The second-order valence-electron chi connectivity index (χ2n) is 3.57. The van der Waals surface area contributed by atoms with Crippen LogP contribution in [-0.4, -0.2) is 21.3 Å². The molecule has 0 fully saturated rings. The summed E-state index contributed by atoms with van der Waals surface area (Å²) in [5.41, 5.74) is 0.404. The Hall–Kier alpha value is -1.62. The average Bonchev–Trinajstić information content (AvgIpc) is 2.72. The van der Waals surface area contributed by atoms with E-state index in [0.717, 1.165) is 4.90 Å². The fraction of sp³-hybridized carbons (Fsp3) is 0.167. The minimum atomic E-state index is -0.387. The Morgan fingerprint density at radius 2 is 2.35 bits per heavy atom. The number of halogens is 1. The van der Waals surface area contributed by atoms with E-state index < -0.39 is 0 Å². The molecule has 0 aliphatic rings. The highest BCUT2D eigenvalue weighted by molar-refractivity contribution is 8.00. The highest BCUT2D eigenvalue weighted by Gasteiger charge is 2.08. The molecule has 0 aliphatic heterocycles. The van der Waals surface area contributed by atoms with E-state index in [1.54, 1.807) is 16.9 Å². The second-order valence-corrected chi connectivity index (χ2v) is 4.62. The van der Waals surface area contributed by atoms with Gasteiger partial charge in [0.05, 0.1) is 11.9 Å². The monoisotopic (exact) mass is 250 g/mol. The van der Waals surface area contributed by atoms with Gasteiger partial charge in [0, 0.05) is 23.7 Å². The molecule has 0 atom stereocenters. The van der Waals surface area contributed by atoms with Crippen molar-refractivity contribution >= 4 is 17.5 Å². The van der Waals surface area contributed by atoms with Gasteiger partial charge in [-0.25, -0.2) is 4.39 Å². The number of hydrogen-bond acceptors (Lipinski definition) is 3. The molecule has 1 aromatic carbocycles. The topological polar surface area (TPSA) is 34.9 Å². The van der Waals surface area contributed by atoms with E-state index in [0.29, 0.717) is 5.56 Å². The molecule has 0 saturated carbocycles. The maximum atomic E-state index is 12.9. The Kier molecular flexibility index (Phi) is 3.58. The van der Waals surface area contributed by atoms with Crippen molar-refractivity contribution in [2.75, 3.05) is 5.75 Å². The third-order valence-electron chi connectivity index (χ3n) is 2.20. The molecule has 1 aromatic heterocycles. The fourth-order valence-corrected chi connectivity index (χ4v) is 2.18. The molecule has 0 saturated heterocycles. The van der Waals surface area contributed by atoms with Crippen LogP contribution in [-0.2, 0) is 7.05 Å². The Balaban J connectivity index is 1.98. The largest absolute Gasteiger partial charge is 0.293 e. The summed E-state index contributed by atoms with van der Waals surface area (Å²) in [5, 5.41) is 4.01. The Labute approximate surface area is 103 Å². The Morgan fingerprint density at radius 3 is 3.00 bits per heavy atom. The quantitative estimate of drug-likeness (QED) is 0.618. The predicted molar refractivity (Wildman–Crippen MR) is 64.7 cm³/mol. The summed E-state index contributed by atoms with van der Waals surface area (Å²) in [6, 6.07) is 5.74. The molecular formula is C12H11FN2OS. The molecule has 2 rings (SSSR count). The number of nitrogens with zero attached hydrogens (tertiary/aromatic N) is 2. The number of ketones is 1. The van der Waals surface area contributed by atoms with Gasteiger partial charge >= 0.3 is 0 Å². The van der Waals surface area contributed by atoms with E-state index in [-0.39, 0.29) is 17.4 Å². The third kappa shape index (κ3) is 3.17. The summed E-state index contributed by atoms with van der Waals surface area (Å²) >= 11 is 1.39. The third-order valence-corrected chi connectivity index (χ3v) is 3.15. The molecule has 2 aromatic rings. The van der Waals surface area contributed by atoms with Gasteiger partial charge in [0.25, 0.3) is 0 Å². The predicted octanol–water partition coefficient (Wildman–Crippen LogP) is 2.53.